The second kappa shape index (κ2) is 8.69. The molecule has 4 aromatic rings. The van der Waals surface area contributed by atoms with Gasteiger partial charge in [0.1, 0.15) is 6.54 Å². The summed E-state index contributed by atoms with van der Waals surface area (Å²) >= 11 is 6.08. The van der Waals surface area contributed by atoms with Crippen LogP contribution in [-0.2, 0) is 17.8 Å². The number of methoxy groups -OCH3 is 2. The Morgan fingerprint density at radius 2 is 1.94 bits per heavy atom. The largest absolute Gasteiger partial charge is 0.493 e. The number of aromatic nitrogens is 3. The lowest BCUT2D eigenvalue weighted by Gasteiger charge is -2.11. The van der Waals surface area contributed by atoms with Crippen molar-refractivity contribution in [2.45, 2.75) is 13.0 Å². The van der Waals surface area contributed by atoms with E-state index in [4.69, 9.17) is 21.1 Å². The Labute approximate surface area is 182 Å². The Morgan fingerprint density at radius 3 is 2.71 bits per heavy atom. The second-order valence-electron chi connectivity index (χ2n) is 7.01. The normalized spacial score (nSPS) is 11.1. The number of H-pyrrole nitrogens is 1. The average molecular weight is 441 g/mol. The summed E-state index contributed by atoms with van der Waals surface area (Å²) in [4.78, 5) is 32.7. The molecule has 1 amide bonds. The minimum atomic E-state index is -0.327. The summed E-state index contributed by atoms with van der Waals surface area (Å²) in [6.07, 6.45) is 3.90. The fraction of sp³-hybridized carbons (Fsp3) is 0.227. The van der Waals surface area contributed by atoms with E-state index >= 15 is 0 Å². The first-order valence-corrected chi connectivity index (χ1v) is 10.0. The van der Waals surface area contributed by atoms with Gasteiger partial charge < -0.3 is 19.8 Å². The number of halogens is 1. The van der Waals surface area contributed by atoms with E-state index in [1.165, 1.54) is 25.1 Å². The zero-order chi connectivity index (χ0) is 22.0. The van der Waals surface area contributed by atoms with E-state index < -0.39 is 0 Å². The summed E-state index contributed by atoms with van der Waals surface area (Å²) in [5, 5.41) is 4.89. The predicted octanol–water partition coefficient (Wildman–Crippen LogP) is 2.91. The highest BCUT2D eigenvalue weighted by Crippen LogP contribution is 2.29. The Hall–Kier alpha value is -3.52. The van der Waals surface area contributed by atoms with Crippen molar-refractivity contribution in [2.24, 2.45) is 0 Å². The van der Waals surface area contributed by atoms with E-state index in [9.17, 15) is 9.59 Å². The summed E-state index contributed by atoms with van der Waals surface area (Å²) < 4.78 is 11.8. The highest BCUT2D eigenvalue weighted by molar-refractivity contribution is 6.31. The summed E-state index contributed by atoms with van der Waals surface area (Å²) in [7, 11) is 3.01. The van der Waals surface area contributed by atoms with Gasteiger partial charge in [0.15, 0.2) is 11.5 Å². The smallest absolute Gasteiger partial charge is 0.261 e. The first-order valence-electron chi connectivity index (χ1n) is 9.63. The molecule has 160 valence electrons. The van der Waals surface area contributed by atoms with Gasteiger partial charge in [0.05, 0.1) is 31.4 Å². The Balaban J connectivity index is 1.45. The van der Waals surface area contributed by atoms with Crippen molar-refractivity contribution in [3.05, 3.63) is 63.8 Å². The number of hydrogen-bond donors (Lipinski definition) is 2. The number of carbonyl (C=O) groups excluding carboxylic acids is 1. The maximum Gasteiger partial charge on any atom is 0.261 e. The molecule has 9 heteroatoms. The number of ether oxygens (including phenoxy) is 2. The van der Waals surface area contributed by atoms with Crippen molar-refractivity contribution in [1.29, 1.82) is 0 Å². The zero-order valence-corrected chi connectivity index (χ0v) is 17.8. The Morgan fingerprint density at radius 1 is 1.16 bits per heavy atom. The van der Waals surface area contributed by atoms with E-state index in [0.717, 1.165) is 16.5 Å². The molecule has 0 aliphatic rings. The topological polar surface area (TPSA) is 98.2 Å². The molecular formula is C22H21ClN4O4. The fourth-order valence-corrected chi connectivity index (χ4v) is 3.67. The monoisotopic (exact) mass is 440 g/mol. The molecular weight excluding hydrogens is 420 g/mol. The molecule has 31 heavy (non-hydrogen) atoms. The molecule has 8 nitrogen and oxygen atoms in total. The van der Waals surface area contributed by atoms with Crippen LogP contribution >= 0.6 is 11.6 Å². The van der Waals surface area contributed by atoms with E-state index in [1.54, 1.807) is 12.1 Å². The molecule has 0 unspecified atom stereocenters. The van der Waals surface area contributed by atoms with Gasteiger partial charge in [0, 0.05) is 34.7 Å². The molecule has 4 rings (SSSR count). The summed E-state index contributed by atoms with van der Waals surface area (Å²) in [5.74, 6) is 0.632. The lowest BCUT2D eigenvalue weighted by molar-refractivity contribution is -0.121. The molecule has 2 aromatic carbocycles. The van der Waals surface area contributed by atoms with Gasteiger partial charge >= 0.3 is 0 Å². The SMILES string of the molecule is COc1cc2ncn(CC(=O)NCCc3c[nH]c4ccc(Cl)cc34)c(=O)c2cc1OC. The van der Waals surface area contributed by atoms with E-state index in [0.29, 0.717) is 40.4 Å². The van der Waals surface area contributed by atoms with Gasteiger partial charge in [-0.1, -0.05) is 11.6 Å². The van der Waals surface area contributed by atoms with Gasteiger partial charge in [-0.15, -0.1) is 0 Å². The minimum absolute atomic E-state index is 0.129. The van der Waals surface area contributed by atoms with Gasteiger partial charge in [-0.3, -0.25) is 14.2 Å². The fourth-order valence-electron chi connectivity index (χ4n) is 3.50. The van der Waals surface area contributed by atoms with Crippen molar-refractivity contribution < 1.29 is 14.3 Å². The molecule has 2 aromatic heterocycles. The number of aromatic amines is 1. The van der Waals surface area contributed by atoms with Crippen molar-refractivity contribution in [3.63, 3.8) is 0 Å². The van der Waals surface area contributed by atoms with Crippen molar-refractivity contribution in [3.8, 4) is 11.5 Å². The van der Waals surface area contributed by atoms with Crippen molar-refractivity contribution in [1.82, 2.24) is 19.9 Å². The molecule has 0 aliphatic carbocycles. The standard InChI is InChI=1S/C22H21ClN4O4/c1-30-19-8-16-18(9-20(19)31-2)26-12-27(22(16)29)11-21(28)24-6-5-13-10-25-17-4-3-14(23)7-15(13)17/h3-4,7-10,12,25H,5-6,11H2,1-2H3,(H,24,28). The number of carbonyl (C=O) groups is 1. The summed E-state index contributed by atoms with van der Waals surface area (Å²) in [6.45, 7) is 0.301. The number of hydrogen-bond acceptors (Lipinski definition) is 5. The maximum atomic E-state index is 12.8. The van der Waals surface area contributed by atoms with Crippen LogP contribution in [0.4, 0.5) is 0 Å². The molecule has 0 fully saturated rings. The van der Waals surface area contributed by atoms with E-state index in [2.05, 4.69) is 15.3 Å². The minimum Gasteiger partial charge on any atom is -0.493 e. The van der Waals surface area contributed by atoms with E-state index in [1.807, 2.05) is 24.4 Å². The quantitative estimate of drug-likeness (QED) is 0.460. The number of rotatable bonds is 7. The lowest BCUT2D eigenvalue weighted by Crippen LogP contribution is -2.33. The van der Waals surface area contributed by atoms with Gasteiger partial charge in [0.2, 0.25) is 5.91 Å². The predicted molar refractivity (Wildman–Crippen MR) is 119 cm³/mol. The number of benzene rings is 2. The van der Waals surface area contributed by atoms with Crippen LogP contribution in [0.2, 0.25) is 5.02 Å². The van der Waals surface area contributed by atoms with Crippen LogP contribution in [-0.4, -0.2) is 41.2 Å². The van der Waals surface area contributed by atoms with Crippen LogP contribution in [0.5, 0.6) is 11.5 Å². The molecule has 0 bridgehead atoms. The molecule has 0 aliphatic heterocycles. The first kappa shape index (κ1) is 20.7. The molecule has 2 N–H and O–H groups in total. The number of amides is 1. The van der Waals surface area contributed by atoms with Crippen LogP contribution in [0.15, 0.2) is 47.7 Å². The second-order valence-corrected chi connectivity index (χ2v) is 7.44. The van der Waals surface area contributed by atoms with Crippen LogP contribution < -0.4 is 20.3 Å². The van der Waals surface area contributed by atoms with Gasteiger partial charge in [-0.2, -0.15) is 0 Å². The van der Waals surface area contributed by atoms with Crippen LogP contribution in [0.25, 0.3) is 21.8 Å². The van der Waals surface area contributed by atoms with Gasteiger partial charge in [-0.25, -0.2) is 4.98 Å². The zero-order valence-electron chi connectivity index (χ0n) is 17.1. The highest BCUT2D eigenvalue weighted by atomic mass is 35.5. The summed E-state index contributed by atoms with van der Waals surface area (Å²) in [5.41, 5.74) is 2.19. The average Bonchev–Trinajstić information content (AvgIpc) is 3.17. The van der Waals surface area contributed by atoms with Crippen LogP contribution in [0.3, 0.4) is 0 Å². The van der Waals surface area contributed by atoms with Gasteiger partial charge in [-0.05, 0) is 36.2 Å². The lowest BCUT2D eigenvalue weighted by atomic mass is 10.1. The number of fused-ring (bicyclic) bond motifs is 2. The number of nitrogens with zero attached hydrogens (tertiary/aromatic N) is 2. The highest BCUT2D eigenvalue weighted by Gasteiger charge is 2.13. The molecule has 2 heterocycles. The molecule has 0 atom stereocenters. The van der Waals surface area contributed by atoms with Gasteiger partial charge in [0.25, 0.3) is 5.56 Å². The van der Waals surface area contributed by atoms with Crippen LogP contribution in [0, 0.1) is 0 Å². The molecule has 0 spiro atoms. The number of nitrogens with one attached hydrogen (secondary N) is 2. The molecule has 0 radical (unpaired) electrons. The molecule has 0 saturated carbocycles. The summed E-state index contributed by atoms with van der Waals surface area (Å²) in [6, 6.07) is 8.85. The Bertz CT molecular complexity index is 1330. The molecule has 0 saturated heterocycles. The third kappa shape index (κ3) is 4.20. The van der Waals surface area contributed by atoms with Crippen molar-refractivity contribution in [2.75, 3.05) is 20.8 Å². The maximum absolute atomic E-state index is 12.8. The van der Waals surface area contributed by atoms with Crippen molar-refractivity contribution >= 4 is 39.3 Å². The first-order chi connectivity index (χ1) is 15.0. The van der Waals surface area contributed by atoms with E-state index in [-0.39, 0.29) is 18.0 Å². The third-order valence-corrected chi connectivity index (χ3v) is 5.32. The third-order valence-electron chi connectivity index (χ3n) is 5.09. The van der Waals surface area contributed by atoms with Crippen LogP contribution in [0.1, 0.15) is 5.56 Å². The Kier molecular flexibility index (Phi) is 5.81.